The lowest BCUT2D eigenvalue weighted by atomic mass is 9.99. The highest BCUT2D eigenvalue weighted by Crippen LogP contribution is 2.18. The molecule has 13 heavy (non-hydrogen) atoms. The van der Waals surface area contributed by atoms with Gasteiger partial charge in [0.25, 0.3) is 0 Å². The Morgan fingerprint density at radius 3 is 2.31 bits per heavy atom. The molecule has 0 aliphatic rings. The summed E-state index contributed by atoms with van der Waals surface area (Å²) in [4.78, 5) is 0. The zero-order valence-electron chi connectivity index (χ0n) is 7.98. The molecular formula is C11H14BrCl. The SMILES string of the molecule is Cc1cccc(C)c1CC(Cl)CBr. The van der Waals surface area contributed by atoms with E-state index in [4.69, 9.17) is 11.6 Å². The van der Waals surface area contributed by atoms with Crippen LogP contribution in [0.15, 0.2) is 18.2 Å². The molecule has 1 aromatic rings. The average molecular weight is 262 g/mol. The van der Waals surface area contributed by atoms with Gasteiger partial charge in [-0.1, -0.05) is 34.1 Å². The maximum Gasteiger partial charge on any atom is 0.0473 e. The zero-order valence-corrected chi connectivity index (χ0v) is 10.3. The van der Waals surface area contributed by atoms with E-state index in [9.17, 15) is 0 Å². The van der Waals surface area contributed by atoms with Crippen LogP contribution < -0.4 is 0 Å². The number of aryl methyl sites for hydroxylation is 2. The molecule has 0 saturated heterocycles. The molecule has 0 bridgehead atoms. The molecule has 0 radical (unpaired) electrons. The minimum atomic E-state index is 0.194. The predicted molar refractivity (Wildman–Crippen MR) is 63.1 cm³/mol. The summed E-state index contributed by atoms with van der Waals surface area (Å²) >= 11 is 9.49. The summed E-state index contributed by atoms with van der Waals surface area (Å²) in [5.41, 5.74) is 4.07. The van der Waals surface area contributed by atoms with Crippen molar-refractivity contribution in [2.45, 2.75) is 25.6 Å². The van der Waals surface area contributed by atoms with Crippen LogP contribution in [-0.2, 0) is 6.42 Å². The van der Waals surface area contributed by atoms with Crippen molar-refractivity contribution in [3.63, 3.8) is 0 Å². The van der Waals surface area contributed by atoms with E-state index < -0.39 is 0 Å². The van der Waals surface area contributed by atoms with E-state index in [1.165, 1.54) is 16.7 Å². The second kappa shape index (κ2) is 5.02. The zero-order chi connectivity index (χ0) is 9.84. The third-order valence-electron chi connectivity index (χ3n) is 2.24. The molecule has 0 saturated carbocycles. The first-order valence-electron chi connectivity index (χ1n) is 4.40. The quantitative estimate of drug-likeness (QED) is 0.725. The Labute approximate surface area is 93.4 Å². The van der Waals surface area contributed by atoms with Crippen molar-refractivity contribution >= 4 is 27.5 Å². The number of benzene rings is 1. The Morgan fingerprint density at radius 1 is 1.31 bits per heavy atom. The number of halogens is 2. The van der Waals surface area contributed by atoms with Crippen LogP contribution in [0.3, 0.4) is 0 Å². The summed E-state index contributed by atoms with van der Waals surface area (Å²) in [6.07, 6.45) is 0.950. The Bertz CT molecular complexity index is 263. The highest BCUT2D eigenvalue weighted by Gasteiger charge is 2.08. The summed E-state index contributed by atoms with van der Waals surface area (Å²) < 4.78 is 0. The van der Waals surface area contributed by atoms with Gasteiger partial charge in [0.15, 0.2) is 0 Å². The van der Waals surface area contributed by atoms with Crippen LogP contribution in [0.2, 0.25) is 0 Å². The van der Waals surface area contributed by atoms with Crippen molar-refractivity contribution in [2.75, 3.05) is 5.33 Å². The Hall–Kier alpha value is -0.0100. The molecule has 0 heterocycles. The molecule has 0 aliphatic heterocycles. The lowest BCUT2D eigenvalue weighted by molar-refractivity contribution is 0.927. The molecule has 0 aliphatic carbocycles. The summed E-state index contributed by atoms with van der Waals surface area (Å²) in [5, 5.41) is 1.04. The lowest BCUT2D eigenvalue weighted by Crippen LogP contribution is -2.07. The smallest absolute Gasteiger partial charge is 0.0473 e. The van der Waals surface area contributed by atoms with Gasteiger partial charge in [0.1, 0.15) is 0 Å². The number of hydrogen-bond acceptors (Lipinski definition) is 0. The molecule has 0 fully saturated rings. The van der Waals surface area contributed by atoms with Crippen LogP contribution in [0.4, 0.5) is 0 Å². The van der Waals surface area contributed by atoms with Crippen molar-refractivity contribution in [1.82, 2.24) is 0 Å². The van der Waals surface area contributed by atoms with Crippen molar-refractivity contribution in [3.8, 4) is 0 Å². The topological polar surface area (TPSA) is 0 Å². The molecular weight excluding hydrogens is 247 g/mol. The molecule has 0 N–H and O–H groups in total. The molecule has 1 atom stereocenters. The standard InChI is InChI=1S/C11H14BrCl/c1-8-4-3-5-9(2)11(8)6-10(13)7-12/h3-5,10H,6-7H2,1-2H3. The third-order valence-corrected chi connectivity index (χ3v) is 3.70. The highest BCUT2D eigenvalue weighted by molar-refractivity contribution is 9.09. The van der Waals surface area contributed by atoms with Crippen LogP contribution >= 0.6 is 27.5 Å². The number of hydrogen-bond donors (Lipinski definition) is 0. The molecule has 0 spiro atoms. The summed E-state index contributed by atoms with van der Waals surface area (Å²) in [5.74, 6) is 0. The first kappa shape index (κ1) is 11.1. The normalized spacial score (nSPS) is 12.9. The van der Waals surface area contributed by atoms with E-state index in [0.29, 0.717) is 0 Å². The lowest BCUT2D eigenvalue weighted by Gasteiger charge is -2.11. The van der Waals surface area contributed by atoms with Gasteiger partial charge < -0.3 is 0 Å². The second-order valence-electron chi connectivity index (χ2n) is 3.33. The fraction of sp³-hybridized carbons (Fsp3) is 0.455. The molecule has 1 aromatic carbocycles. The van der Waals surface area contributed by atoms with Gasteiger partial charge in [0, 0.05) is 10.7 Å². The average Bonchev–Trinajstić information content (AvgIpc) is 2.11. The molecule has 0 nitrogen and oxygen atoms in total. The van der Waals surface area contributed by atoms with E-state index >= 15 is 0 Å². The van der Waals surface area contributed by atoms with Crippen molar-refractivity contribution < 1.29 is 0 Å². The van der Waals surface area contributed by atoms with Gasteiger partial charge >= 0.3 is 0 Å². The van der Waals surface area contributed by atoms with Crippen molar-refractivity contribution in [3.05, 3.63) is 34.9 Å². The summed E-state index contributed by atoms with van der Waals surface area (Å²) in [6.45, 7) is 4.28. The largest absolute Gasteiger partial charge is 0.122 e. The Kier molecular flexibility index (Phi) is 4.27. The van der Waals surface area contributed by atoms with Crippen LogP contribution in [-0.4, -0.2) is 10.7 Å². The van der Waals surface area contributed by atoms with Crippen LogP contribution in [0.1, 0.15) is 16.7 Å². The Morgan fingerprint density at radius 2 is 1.85 bits per heavy atom. The van der Waals surface area contributed by atoms with Gasteiger partial charge in [0.2, 0.25) is 0 Å². The Balaban J connectivity index is 2.87. The van der Waals surface area contributed by atoms with Crippen LogP contribution in [0.5, 0.6) is 0 Å². The second-order valence-corrected chi connectivity index (χ2v) is 4.59. The number of alkyl halides is 2. The fourth-order valence-corrected chi connectivity index (χ4v) is 1.83. The number of rotatable bonds is 3. The minimum absolute atomic E-state index is 0.194. The summed E-state index contributed by atoms with van der Waals surface area (Å²) in [7, 11) is 0. The highest BCUT2D eigenvalue weighted by atomic mass is 79.9. The van der Waals surface area contributed by atoms with Gasteiger partial charge in [-0.25, -0.2) is 0 Å². The van der Waals surface area contributed by atoms with E-state index in [0.717, 1.165) is 11.8 Å². The van der Waals surface area contributed by atoms with E-state index in [1.807, 2.05) is 0 Å². The van der Waals surface area contributed by atoms with Gasteiger partial charge in [-0.15, -0.1) is 11.6 Å². The molecule has 1 rings (SSSR count). The van der Waals surface area contributed by atoms with Crippen molar-refractivity contribution in [2.24, 2.45) is 0 Å². The van der Waals surface area contributed by atoms with Crippen LogP contribution in [0, 0.1) is 13.8 Å². The van der Waals surface area contributed by atoms with E-state index in [-0.39, 0.29) is 5.38 Å². The fourth-order valence-electron chi connectivity index (χ4n) is 1.45. The van der Waals surface area contributed by atoms with E-state index in [1.54, 1.807) is 0 Å². The third kappa shape index (κ3) is 2.99. The minimum Gasteiger partial charge on any atom is -0.122 e. The molecule has 2 heteroatoms. The van der Waals surface area contributed by atoms with Crippen molar-refractivity contribution in [1.29, 1.82) is 0 Å². The molecule has 1 unspecified atom stereocenters. The molecule has 0 aromatic heterocycles. The maximum atomic E-state index is 6.10. The molecule has 0 amide bonds. The summed E-state index contributed by atoms with van der Waals surface area (Å²) in [6, 6.07) is 6.37. The molecule has 72 valence electrons. The van der Waals surface area contributed by atoms with Gasteiger partial charge in [0.05, 0.1) is 0 Å². The maximum absolute atomic E-state index is 6.10. The van der Waals surface area contributed by atoms with Gasteiger partial charge in [-0.2, -0.15) is 0 Å². The monoisotopic (exact) mass is 260 g/mol. The first-order chi connectivity index (χ1) is 6.15. The van der Waals surface area contributed by atoms with Gasteiger partial charge in [-0.3, -0.25) is 0 Å². The van der Waals surface area contributed by atoms with Gasteiger partial charge in [-0.05, 0) is 37.0 Å². The first-order valence-corrected chi connectivity index (χ1v) is 5.96. The predicted octanol–water partition coefficient (Wildman–Crippen LogP) is 3.85. The van der Waals surface area contributed by atoms with E-state index in [2.05, 4.69) is 48.0 Å². The van der Waals surface area contributed by atoms with Crippen LogP contribution in [0.25, 0.3) is 0 Å².